The van der Waals surface area contributed by atoms with Crippen LogP contribution in [0.2, 0.25) is 5.28 Å². The molecular formula is C30H26ClFN4O8. The lowest BCUT2D eigenvalue weighted by Crippen LogP contribution is -2.48. The van der Waals surface area contributed by atoms with Crippen LogP contribution in [-0.4, -0.2) is 77.5 Å². The first-order chi connectivity index (χ1) is 21.1. The van der Waals surface area contributed by atoms with Crippen LogP contribution in [0.5, 0.6) is 0 Å². The number of carboxylic acids is 1. The third-order valence-electron chi connectivity index (χ3n) is 7.06. The summed E-state index contributed by atoms with van der Waals surface area (Å²) >= 11 is 6.20. The Morgan fingerprint density at radius 3 is 2.50 bits per heavy atom. The van der Waals surface area contributed by atoms with Crippen molar-refractivity contribution >= 4 is 34.9 Å². The van der Waals surface area contributed by atoms with Gasteiger partial charge in [0.15, 0.2) is 23.6 Å². The Morgan fingerprint density at radius 1 is 1.16 bits per heavy atom. The summed E-state index contributed by atoms with van der Waals surface area (Å²) in [5.41, 5.74) is 0.0154. The van der Waals surface area contributed by atoms with Gasteiger partial charge in [-0.2, -0.15) is 14.6 Å². The van der Waals surface area contributed by atoms with Crippen LogP contribution in [0.1, 0.15) is 23.0 Å². The molecule has 0 radical (unpaired) electrons. The SMILES string of the molecule is C#C[C@@]1(O)[C@@H](COC(Cc2ccccc2)C(=O)O)O[C@@H](n2cnc3c(CCc4ccccc4F)nc(Cl)nc32)[C@@H]1O.O=C=O. The van der Waals surface area contributed by atoms with Gasteiger partial charge in [0.2, 0.25) is 5.28 Å². The zero-order chi connectivity index (χ0) is 31.9. The van der Waals surface area contributed by atoms with E-state index in [1.165, 1.54) is 17.0 Å². The first-order valence-corrected chi connectivity index (χ1v) is 13.5. The number of carbonyl (C=O) groups is 1. The van der Waals surface area contributed by atoms with Crippen molar-refractivity contribution in [3.63, 3.8) is 0 Å². The fraction of sp³-hybridized carbons (Fsp3) is 0.300. The molecule has 44 heavy (non-hydrogen) atoms. The minimum Gasteiger partial charge on any atom is -0.479 e. The molecule has 1 aliphatic heterocycles. The number of benzene rings is 2. The molecule has 1 saturated heterocycles. The summed E-state index contributed by atoms with van der Waals surface area (Å²) < 4.78 is 27.1. The Labute approximate surface area is 255 Å². The molecule has 1 aliphatic rings. The summed E-state index contributed by atoms with van der Waals surface area (Å²) in [4.78, 5) is 41.0. The quantitative estimate of drug-likeness (QED) is 0.174. The molecule has 1 fully saturated rings. The number of carbonyl (C=O) groups excluding carboxylic acids is 2. The van der Waals surface area contributed by atoms with Crippen molar-refractivity contribution in [2.75, 3.05) is 6.61 Å². The standard InChI is InChI=1S/C29H26ClFN4O6.CO2/c1-2-29(39)22(15-40-21(27(37)38)14-17-8-4-3-5-9-17)41-26(24(29)36)35-16-32-23-20(33-28(30)34-25(23)35)13-12-18-10-6-7-11-19(18)31;2-1-3/h1,3-11,16,21-22,24,26,36,39H,12-15H2,(H,37,38);/t21?,22-,24+,26-,29-;/m1./s1. The van der Waals surface area contributed by atoms with Crippen molar-refractivity contribution in [3.8, 4) is 12.3 Å². The molecule has 12 nitrogen and oxygen atoms in total. The molecule has 5 atom stereocenters. The zero-order valence-electron chi connectivity index (χ0n) is 22.9. The number of hydrogen-bond acceptors (Lipinski definition) is 10. The van der Waals surface area contributed by atoms with Gasteiger partial charge in [0.25, 0.3) is 0 Å². The van der Waals surface area contributed by atoms with Crippen LogP contribution >= 0.6 is 11.6 Å². The minimum atomic E-state index is -2.22. The number of rotatable bonds is 10. The molecule has 14 heteroatoms. The van der Waals surface area contributed by atoms with Crippen molar-refractivity contribution in [3.05, 3.63) is 88.8 Å². The average Bonchev–Trinajstić information content (AvgIpc) is 3.53. The molecule has 0 spiro atoms. The first-order valence-electron chi connectivity index (χ1n) is 13.2. The molecule has 3 heterocycles. The minimum absolute atomic E-state index is 0.0700. The average molecular weight is 625 g/mol. The van der Waals surface area contributed by atoms with Crippen LogP contribution in [0, 0.1) is 18.2 Å². The van der Waals surface area contributed by atoms with Gasteiger partial charge in [0.05, 0.1) is 18.6 Å². The number of terminal acetylenes is 1. The number of imidazole rings is 1. The van der Waals surface area contributed by atoms with Crippen LogP contribution in [0.3, 0.4) is 0 Å². The number of halogens is 2. The highest BCUT2D eigenvalue weighted by atomic mass is 35.5. The highest BCUT2D eigenvalue weighted by Crippen LogP contribution is 2.39. The van der Waals surface area contributed by atoms with E-state index >= 15 is 0 Å². The van der Waals surface area contributed by atoms with Gasteiger partial charge < -0.3 is 24.8 Å². The van der Waals surface area contributed by atoms with Gasteiger partial charge >= 0.3 is 12.1 Å². The summed E-state index contributed by atoms with van der Waals surface area (Å²) in [6.07, 6.45) is 2.42. The van der Waals surface area contributed by atoms with Crippen LogP contribution in [0.25, 0.3) is 11.2 Å². The maximum atomic E-state index is 14.1. The summed E-state index contributed by atoms with van der Waals surface area (Å²) in [6.45, 7) is -0.422. The Hall–Kier alpha value is -4.54. The van der Waals surface area contributed by atoms with Gasteiger partial charge in [-0.15, -0.1) is 6.42 Å². The highest BCUT2D eigenvalue weighted by Gasteiger charge is 2.56. The molecule has 0 aliphatic carbocycles. The second kappa shape index (κ2) is 14.3. The van der Waals surface area contributed by atoms with Gasteiger partial charge in [0.1, 0.15) is 23.5 Å². The van der Waals surface area contributed by atoms with E-state index in [1.807, 2.05) is 6.07 Å². The van der Waals surface area contributed by atoms with E-state index in [4.69, 9.17) is 37.1 Å². The fourth-order valence-corrected chi connectivity index (χ4v) is 5.01. The molecule has 3 N–H and O–H groups in total. The third kappa shape index (κ3) is 6.98. The van der Waals surface area contributed by atoms with E-state index in [0.29, 0.717) is 29.6 Å². The Bertz CT molecular complexity index is 1690. The summed E-state index contributed by atoms with van der Waals surface area (Å²) in [7, 11) is 0. The second-order valence-electron chi connectivity index (χ2n) is 9.72. The summed E-state index contributed by atoms with van der Waals surface area (Å²) in [5, 5.41) is 31.8. The lowest BCUT2D eigenvalue weighted by molar-refractivity contribution is -0.191. The van der Waals surface area contributed by atoms with Gasteiger partial charge in [-0.3, -0.25) is 4.57 Å². The number of carboxylic acid groups (broad SMARTS) is 1. The number of hydrogen-bond donors (Lipinski definition) is 3. The van der Waals surface area contributed by atoms with Gasteiger partial charge in [-0.1, -0.05) is 54.5 Å². The number of aryl methyl sites for hydroxylation is 2. The molecule has 5 rings (SSSR count). The molecule has 0 saturated carbocycles. The van der Waals surface area contributed by atoms with E-state index < -0.39 is 42.7 Å². The highest BCUT2D eigenvalue weighted by molar-refractivity contribution is 6.28. The predicted octanol–water partition coefficient (Wildman–Crippen LogP) is 2.16. The van der Waals surface area contributed by atoms with Crippen molar-refractivity contribution in [2.45, 2.75) is 49.4 Å². The smallest absolute Gasteiger partial charge is 0.373 e. The van der Waals surface area contributed by atoms with Crippen LogP contribution in [-0.2, 0) is 43.1 Å². The fourth-order valence-electron chi connectivity index (χ4n) is 4.83. The predicted molar refractivity (Wildman–Crippen MR) is 150 cm³/mol. The monoisotopic (exact) mass is 624 g/mol. The van der Waals surface area contributed by atoms with Crippen LogP contribution < -0.4 is 0 Å². The van der Waals surface area contributed by atoms with Crippen molar-refractivity contribution < 1.29 is 43.6 Å². The first kappa shape index (κ1) is 32.4. The molecule has 2 aromatic carbocycles. The maximum absolute atomic E-state index is 14.1. The molecular weight excluding hydrogens is 599 g/mol. The van der Waals surface area contributed by atoms with Gasteiger partial charge in [0, 0.05) is 6.42 Å². The number of ether oxygens (including phenoxy) is 2. The van der Waals surface area contributed by atoms with E-state index in [2.05, 4.69) is 20.9 Å². The van der Waals surface area contributed by atoms with Crippen LogP contribution in [0.4, 0.5) is 4.39 Å². The molecule has 0 amide bonds. The van der Waals surface area contributed by atoms with E-state index in [-0.39, 0.29) is 29.3 Å². The number of aromatic nitrogens is 4. The maximum Gasteiger partial charge on any atom is 0.373 e. The zero-order valence-corrected chi connectivity index (χ0v) is 23.7. The summed E-state index contributed by atoms with van der Waals surface area (Å²) in [6, 6.07) is 15.3. The topological polar surface area (TPSA) is 174 Å². The van der Waals surface area contributed by atoms with E-state index in [0.717, 1.165) is 5.56 Å². The largest absolute Gasteiger partial charge is 0.479 e. The Kier molecular flexibility index (Phi) is 10.5. The number of aliphatic carboxylic acids is 1. The third-order valence-corrected chi connectivity index (χ3v) is 7.23. The van der Waals surface area contributed by atoms with Crippen molar-refractivity contribution in [1.82, 2.24) is 19.5 Å². The van der Waals surface area contributed by atoms with Crippen molar-refractivity contribution in [1.29, 1.82) is 0 Å². The van der Waals surface area contributed by atoms with E-state index in [9.17, 15) is 24.5 Å². The Morgan fingerprint density at radius 2 is 1.84 bits per heavy atom. The van der Waals surface area contributed by atoms with E-state index in [1.54, 1.807) is 42.5 Å². The lowest BCUT2D eigenvalue weighted by atomic mass is 9.93. The van der Waals surface area contributed by atoms with Gasteiger partial charge in [-0.05, 0) is 41.6 Å². The number of fused-ring (bicyclic) bond motifs is 1. The number of nitrogens with zero attached hydrogens (tertiary/aromatic N) is 4. The molecule has 4 aromatic rings. The second-order valence-corrected chi connectivity index (χ2v) is 10.1. The molecule has 228 valence electrons. The normalized spacial score (nSPS) is 21.6. The van der Waals surface area contributed by atoms with Gasteiger partial charge in [-0.25, -0.2) is 19.2 Å². The summed E-state index contributed by atoms with van der Waals surface area (Å²) in [5.74, 6) is 0.629. The van der Waals surface area contributed by atoms with Crippen LogP contribution in [0.15, 0.2) is 60.9 Å². The number of aliphatic hydroxyl groups is 2. The molecule has 2 aromatic heterocycles. The molecule has 0 bridgehead atoms. The number of aliphatic hydroxyl groups excluding tert-OH is 1. The molecule has 1 unspecified atom stereocenters. The lowest BCUT2D eigenvalue weighted by Gasteiger charge is -2.26. The van der Waals surface area contributed by atoms with Crippen molar-refractivity contribution in [2.24, 2.45) is 0 Å². The Balaban J connectivity index is 0.00000141.